The Hall–Kier alpha value is -1.20. The molecule has 0 radical (unpaired) electrons. The van der Waals surface area contributed by atoms with Gasteiger partial charge in [0.15, 0.2) is 17.9 Å². The molecule has 2 aromatic carbocycles. The third kappa shape index (κ3) is 2.97. The fraction of sp³-hybridized carbons (Fsp3) is 0. The number of hydrogen-bond donors (Lipinski definition) is 0. The van der Waals surface area contributed by atoms with Gasteiger partial charge in [-0.2, -0.15) is 0 Å². The zero-order valence-electron chi connectivity index (χ0n) is 8.99. The molecule has 2 rings (SSSR count). The van der Waals surface area contributed by atoms with E-state index in [4.69, 9.17) is 4.74 Å². The van der Waals surface area contributed by atoms with Gasteiger partial charge in [-0.3, -0.25) is 4.79 Å². The van der Waals surface area contributed by atoms with Crippen LogP contribution in [0.4, 0.5) is 4.39 Å². The fourth-order valence-corrected chi connectivity index (χ4v) is 2.04. The maximum absolute atomic E-state index is 13.6. The van der Waals surface area contributed by atoms with Gasteiger partial charge >= 0.3 is 0 Å². The second-order valence-corrected chi connectivity index (χ2v) is 5.31. The quantitative estimate of drug-likeness (QED) is 0.711. The summed E-state index contributed by atoms with van der Waals surface area (Å²) in [6.45, 7) is 0. The van der Waals surface area contributed by atoms with Crippen molar-refractivity contribution in [3.05, 3.63) is 56.7 Å². The summed E-state index contributed by atoms with van der Waals surface area (Å²) in [5.74, 6) is -0.124. The van der Waals surface area contributed by atoms with E-state index in [1.165, 1.54) is 12.1 Å². The largest absolute Gasteiger partial charge is 0.453 e. The minimum absolute atomic E-state index is 0.0689. The highest BCUT2D eigenvalue weighted by Crippen LogP contribution is 2.30. The van der Waals surface area contributed by atoms with Crippen molar-refractivity contribution >= 4 is 38.1 Å². The molecule has 0 bridgehead atoms. The molecule has 0 amide bonds. The van der Waals surface area contributed by atoms with Gasteiger partial charge in [0.1, 0.15) is 5.75 Å². The Kier molecular flexibility index (Phi) is 4.14. The minimum atomic E-state index is -0.499. The normalized spacial score (nSPS) is 10.2. The number of ether oxygens (including phenoxy) is 1. The van der Waals surface area contributed by atoms with Crippen molar-refractivity contribution < 1.29 is 13.9 Å². The zero-order valence-corrected chi connectivity index (χ0v) is 12.2. The van der Waals surface area contributed by atoms with Gasteiger partial charge in [-0.1, -0.05) is 31.9 Å². The lowest BCUT2D eigenvalue weighted by Crippen LogP contribution is -1.92. The predicted molar refractivity (Wildman–Crippen MR) is 73.7 cm³/mol. The number of carbonyl (C=O) groups is 1. The van der Waals surface area contributed by atoms with E-state index >= 15 is 0 Å². The van der Waals surface area contributed by atoms with Gasteiger partial charge in [0.05, 0.1) is 5.56 Å². The van der Waals surface area contributed by atoms with E-state index in [2.05, 4.69) is 31.9 Å². The molecule has 0 atom stereocenters. The van der Waals surface area contributed by atoms with Crippen LogP contribution in [0.3, 0.4) is 0 Å². The highest BCUT2D eigenvalue weighted by molar-refractivity contribution is 9.10. The first-order valence-corrected chi connectivity index (χ1v) is 6.56. The van der Waals surface area contributed by atoms with E-state index < -0.39 is 5.82 Å². The van der Waals surface area contributed by atoms with Crippen molar-refractivity contribution in [2.24, 2.45) is 0 Å². The summed E-state index contributed by atoms with van der Waals surface area (Å²) < 4.78 is 20.4. The van der Waals surface area contributed by atoms with Crippen LogP contribution < -0.4 is 4.74 Å². The van der Waals surface area contributed by atoms with Crippen LogP contribution in [0.2, 0.25) is 0 Å². The molecular formula is C13H7Br2FO2. The summed E-state index contributed by atoms with van der Waals surface area (Å²) in [5, 5.41) is 0. The molecule has 5 heteroatoms. The van der Waals surface area contributed by atoms with E-state index in [0.29, 0.717) is 22.1 Å². The highest BCUT2D eigenvalue weighted by Gasteiger charge is 2.09. The molecule has 0 fully saturated rings. The maximum atomic E-state index is 13.6. The predicted octanol–water partition coefficient (Wildman–Crippen LogP) is 4.96. The Labute approximate surface area is 120 Å². The van der Waals surface area contributed by atoms with E-state index in [1.54, 1.807) is 24.3 Å². The molecule has 0 aromatic heterocycles. The molecule has 0 heterocycles. The third-order valence-electron chi connectivity index (χ3n) is 2.22. The fourth-order valence-electron chi connectivity index (χ4n) is 1.37. The Morgan fingerprint density at radius 1 is 1.00 bits per heavy atom. The topological polar surface area (TPSA) is 26.3 Å². The summed E-state index contributed by atoms with van der Waals surface area (Å²) in [6.07, 6.45) is 0.665. The van der Waals surface area contributed by atoms with Crippen LogP contribution >= 0.6 is 31.9 Å². The Bertz CT molecular complexity index is 600. The molecule has 0 saturated heterocycles. The average Bonchev–Trinajstić information content (AvgIpc) is 2.33. The lowest BCUT2D eigenvalue weighted by Gasteiger charge is -2.09. The summed E-state index contributed by atoms with van der Waals surface area (Å²) in [7, 11) is 0. The smallest absolute Gasteiger partial charge is 0.166 e. The number of benzene rings is 2. The lowest BCUT2D eigenvalue weighted by molar-refractivity contribution is 0.112. The number of halogens is 3. The van der Waals surface area contributed by atoms with Gasteiger partial charge in [-0.05, 0) is 36.4 Å². The van der Waals surface area contributed by atoms with Gasteiger partial charge in [-0.25, -0.2) is 4.39 Å². The Morgan fingerprint density at radius 2 is 1.67 bits per heavy atom. The standard InChI is InChI=1S/C13H7Br2FO2/c14-9-3-4-12(11(16)5-9)18-13-6-10(15)2-1-8(13)7-17/h1-7H. The third-order valence-corrected chi connectivity index (χ3v) is 3.20. The molecule has 0 aliphatic rings. The van der Waals surface area contributed by atoms with E-state index in [-0.39, 0.29) is 5.75 Å². The van der Waals surface area contributed by atoms with E-state index in [0.717, 1.165) is 4.47 Å². The molecular weight excluding hydrogens is 367 g/mol. The zero-order chi connectivity index (χ0) is 13.1. The first kappa shape index (κ1) is 13.2. The molecule has 0 aliphatic heterocycles. The molecule has 0 aliphatic carbocycles. The summed E-state index contributed by atoms with van der Waals surface area (Å²) in [6, 6.07) is 9.39. The molecule has 0 spiro atoms. The summed E-state index contributed by atoms with van der Waals surface area (Å²) in [5.41, 5.74) is 0.362. The SMILES string of the molecule is O=Cc1ccc(Br)cc1Oc1ccc(Br)cc1F. The molecule has 0 unspecified atom stereocenters. The second-order valence-electron chi connectivity index (χ2n) is 3.48. The highest BCUT2D eigenvalue weighted by atomic mass is 79.9. The van der Waals surface area contributed by atoms with Gasteiger partial charge in [0.2, 0.25) is 0 Å². The van der Waals surface area contributed by atoms with Crippen LogP contribution in [-0.2, 0) is 0 Å². The molecule has 2 nitrogen and oxygen atoms in total. The number of hydrogen-bond acceptors (Lipinski definition) is 2. The van der Waals surface area contributed by atoms with E-state index in [9.17, 15) is 9.18 Å². The number of carbonyl (C=O) groups excluding carboxylic acids is 1. The lowest BCUT2D eigenvalue weighted by atomic mass is 10.2. The summed E-state index contributed by atoms with van der Waals surface area (Å²) >= 11 is 6.43. The van der Waals surface area contributed by atoms with Crippen molar-refractivity contribution in [3.8, 4) is 11.5 Å². The van der Waals surface area contributed by atoms with Crippen LogP contribution in [-0.4, -0.2) is 6.29 Å². The Morgan fingerprint density at radius 3 is 2.33 bits per heavy atom. The van der Waals surface area contributed by atoms with Crippen LogP contribution in [0.25, 0.3) is 0 Å². The van der Waals surface area contributed by atoms with Crippen LogP contribution in [0.1, 0.15) is 10.4 Å². The van der Waals surface area contributed by atoms with Crippen molar-refractivity contribution in [1.82, 2.24) is 0 Å². The van der Waals surface area contributed by atoms with Crippen molar-refractivity contribution in [1.29, 1.82) is 0 Å². The molecule has 0 saturated carbocycles. The van der Waals surface area contributed by atoms with E-state index in [1.807, 2.05) is 0 Å². The summed E-state index contributed by atoms with van der Waals surface area (Å²) in [4.78, 5) is 10.9. The van der Waals surface area contributed by atoms with Crippen LogP contribution in [0, 0.1) is 5.82 Å². The van der Waals surface area contributed by atoms with Gasteiger partial charge in [0.25, 0.3) is 0 Å². The molecule has 92 valence electrons. The molecule has 0 N–H and O–H groups in total. The van der Waals surface area contributed by atoms with Crippen LogP contribution in [0.5, 0.6) is 11.5 Å². The van der Waals surface area contributed by atoms with Crippen LogP contribution in [0.15, 0.2) is 45.3 Å². The van der Waals surface area contributed by atoms with Crippen molar-refractivity contribution in [2.45, 2.75) is 0 Å². The minimum Gasteiger partial charge on any atom is -0.453 e. The number of rotatable bonds is 3. The van der Waals surface area contributed by atoms with Gasteiger partial charge < -0.3 is 4.74 Å². The maximum Gasteiger partial charge on any atom is 0.166 e. The second kappa shape index (κ2) is 5.63. The van der Waals surface area contributed by atoms with Crippen molar-refractivity contribution in [3.63, 3.8) is 0 Å². The molecule has 2 aromatic rings. The van der Waals surface area contributed by atoms with Gasteiger partial charge in [0, 0.05) is 8.95 Å². The average molecular weight is 374 g/mol. The monoisotopic (exact) mass is 372 g/mol. The Balaban J connectivity index is 2.39. The first-order chi connectivity index (χ1) is 8.60. The number of aldehydes is 1. The van der Waals surface area contributed by atoms with Gasteiger partial charge in [-0.15, -0.1) is 0 Å². The molecule has 18 heavy (non-hydrogen) atoms. The first-order valence-electron chi connectivity index (χ1n) is 4.98. The van der Waals surface area contributed by atoms with Crippen molar-refractivity contribution in [2.75, 3.05) is 0 Å².